The van der Waals surface area contributed by atoms with Gasteiger partial charge in [-0.1, -0.05) is 87.8 Å². The Morgan fingerprint density at radius 2 is 0.930 bits per heavy atom. The third kappa shape index (κ3) is 22.6. The van der Waals surface area contributed by atoms with Gasteiger partial charge < -0.3 is 69.9 Å². The molecule has 0 fully saturated rings. The number of carbonyl (C=O) groups excluding carboxylic acids is 10. The molecule has 24 nitrogen and oxygen atoms in total. The predicted molar refractivity (Wildman–Crippen MR) is 260 cm³/mol. The Bertz CT molecular complexity index is 2030. The topological polar surface area (TPSA) is 403 Å². The van der Waals surface area contributed by atoms with Crippen molar-refractivity contribution in [2.75, 3.05) is 6.54 Å². The number of aliphatic carboxylic acids is 1. The maximum absolute atomic E-state index is 14.0. The second kappa shape index (κ2) is 30.0. The summed E-state index contributed by atoms with van der Waals surface area (Å²) in [6, 6.07) is -4.98. The molecule has 0 saturated carbocycles. The average Bonchev–Trinajstić information content (AvgIpc) is 3.26. The number of primary amides is 2. The fourth-order valence-corrected chi connectivity index (χ4v) is 6.98. The van der Waals surface area contributed by atoms with Crippen LogP contribution in [0.5, 0.6) is 5.75 Å². The second-order valence-corrected chi connectivity index (χ2v) is 19.3. The van der Waals surface area contributed by atoms with Crippen LogP contribution in [0, 0.1) is 29.6 Å². The number of benzene rings is 1. The number of aromatic hydroxyl groups is 1. The van der Waals surface area contributed by atoms with Gasteiger partial charge in [0, 0.05) is 6.42 Å². The van der Waals surface area contributed by atoms with Crippen molar-refractivity contribution >= 4 is 65.0 Å². The summed E-state index contributed by atoms with van der Waals surface area (Å²) in [5.74, 6) is -12.2. The van der Waals surface area contributed by atoms with E-state index < -0.39 is 145 Å². The Labute approximate surface area is 414 Å². The van der Waals surface area contributed by atoms with E-state index in [1.54, 1.807) is 62.3 Å². The maximum Gasteiger partial charge on any atom is 0.326 e. The molecule has 71 heavy (non-hydrogen) atoms. The number of hydrogen-bond acceptors (Lipinski definition) is 13. The first-order chi connectivity index (χ1) is 33.0. The minimum absolute atomic E-state index is 0.0265. The summed E-state index contributed by atoms with van der Waals surface area (Å²) < 4.78 is 0. The third-order valence-electron chi connectivity index (χ3n) is 11.2. The van der Waals surface area contributed by atoms with Crippen molar-refractivity contribution in [3.63, 3.8) is 0 Å². The third-order valence-corrected chi connectivity index (χ3v) is 11.2. The summed E-state index contributed by atoms with van der Waals surface area (Å²) in [5.41, 5.74) is 17.4. The molecule has 398 valence electrons. The van der Waals surface area contributed by atoms with Gasteiger partial charge in [0.15, 0.2) is 0 Å². The van der Waals surface area contributed by atoms with Crippen molar-refractivity contribution in [3.8, 4) is 5.75 Å². The van der Waals surface area contributed by atoms with Gasteiger partial charge in [0.1, 0.15) is 48.0 Å². The lowest BCUT2D eigenvalue weighted by molar-refractivity contribution is -0.143. The van der Waals surface area contributed by atoms with Crippen molar-refractivity contribution in [3.05, 3.63) is 29.8 Å². The van der Waals surface area contributed by atoms with E-state index in [2.05, 4.69) is 42.5 Å². The minimum atomic E-state index is -1.70. The molecular formula is C47H77N11O13. The van der Waals surface area contributed by atoms with Crippen LogP contribution in [0.4, 0.5) is 0 Å². The Morgan fingerprint density at radius 3 is 1.39 bits per heavy atom. The van der Waals surface area contributed by atoms with Crippen molar-refractivity contribution in [1.82, 2.24) is 42.5 Å². The highest BCUT2D eigenvalue weighted by Crippen LogP contribution is 2.15. The molecule has 9 atom stereocenters. The van der Waals surface area contributed by atoms with Crippen LogP contribution in [0.2, 0.25) is 0 Å². The molecule has 0 radical (unpaired) electrons. The molecule has 0 aliphatic heterocycles. The Morgan fingerprint density at radius 1 is 0.521 bits per heavy atom. The molecule has 0 aliphatic carbocycles. The Kier molecular flexibility index (Phi) is 26.3. The van der Waals surface area contributed by atoms with Crippen molar-refractivity contribution < 1.29 is 63.0 Å². The second-order valence-electron chi connectivity index (χ2n) is 19.3. The van der Waals surface area contributed by atoms with Crippen LogP contribution in [0.25, 0.3) is 0 Å². The maximum atomic E-state index is 14.0. The lowest BCUT2D eigenvalue weighted by atomic mass is 9.97. The molecular weight excluding hydrogens is 927 g/mol. The summed E-state index contributed by atoms with van der Waals surface area (Å²) in [5, 5.41) is 39.1. The first-order valence-electron chi connectivity index (χ1n) is 23.7. The van der Waals surface area contributed by atoms with Gasteiger partial charge in [0.25, 0.3) is 0 Å². The van der Waals surface area contributed by atoms with E-state index in [1.807, 2.05) is 6.92 Å². The van der Waals surface area contributed by atoms with Gasteiger partial charge in [-0.05, 0) is 60.1 Å². The molecule has 24 heteroatoms. The van der Waals surface area contributed by atoms with Gasteiger partial charge in [-0.2, -0.15) is 0 Å². The summed E-state index contributed by atoms with van der Waals surface area (Å²) >= 11 is 0. The van der Waals surface area contributed by atoms with E-state index in [1.165, 1.54) is 24.3 Å². The smallest absolute Gasteiger partial charge is 0.326 e. The number of nitrogens with two attached hydrogens (primary N) is 3. The summed E-state index contributed by atoms with van der Waals surface area (Å²) in [7, 11) is 0. The molecule has 1 rings (SSSR count). The fourth-order valence-electron chi connectivity index (χ4n) is 6.98. The van der Waals surface area contributed by atoms with Crippen LogP contribution in [-0.2, 0) is 59.2 Å². The van der Waals surface area contributed by atoms with Crippen LogP contribution in [-0.4, -0.2) is 130 Å². The van der Waals surface area contributed by atoms with E-state index in [9.17, 15) is 63.0 Å². The highest BCUT2D eigenvalue weighted by Gasteiger charge is 2.36. The quantitative estimate of drug-likeness (QED) is 0.0385. The van der Waals surface area contributed by atoms with Crippen LogP contribution >= 0.6 is 0 Å². The lowest BCUT2D eigenvalue weighted by Gasteiger charge is -2.29. The van der Waals surface area contributed by atoms with Gasteiger partial charge in [-0.25, -0.2) is 4.79 Å². The van der Waals surface area contributed by atoms with E-state index >= 15 is 0 Å². The first-order valence-corrected chi connectivity index (χ1v) is 23.7. The van der Waals surface area contributed by atoms with Crippen molar-refractivity contribution in [1.29, 1.82) is 0 Å². The molecule has 10 amide bonds. The number of phenols is 1. The summed E-state index contributed by atoms with van der Waals surface area (Å²) in [4.78, 5) is 144. The number of carbonyl (C=O) groups is 11. The fraction of sp³-hybridized carbons (Fsp3) is 0.638. The van der Waals surface area contributed by atoms with Crippen molar-refractivity contribution in [2.24, 2.45) is 46.8 Å². The number of hydrogen-bond donors (Lipinski definition) is 13. The number of carboxylic acid groups (broad SMARTS) is 1. The molecule has 0 saturated heterocycles. The standard InChI is InChI=1S/C47H77N11O13/c1-11-26(10)37(50)44(67)58-39(25(8)9)46(69)55-30(18-27-12-14-28(59)15-13-27)43(66)57-38(24(6)7)45(68)51-21-36(62)52-31(19-34(48)60)41(64)53-29(16-22(2)3)40(63)54-32(20-35(49)61)42(65)56-33(47(70)71)17-23(4)5/h12-15,22-26,29-33,37-39,59H,11,16-21,50H2,1-10H3,(H2,48,60)(H2,49,61)(H,51,68)(H,52,62)(H,53,64)(H,54,63)(H,55,69)(H,56,65)(H,57,66)(H,58,67)(H,70,71)/t26-,29-,30-,31-,32-,33-,37-,38-,39-/m0/s1. The van der Waals surface area contributed by atoms with Gasteiger partial charge in [0.2, 0.25) is 59.1 Å². The molecule has 0 unspecified atom stereocenters. The number of amides is 10. The van der Waals surface area contributed by atoms with Crippen LogP contribution in [0.1, 0.15) is 107 Å². The van der Waals surface area contributed by atoms with E-state index in [0.717, 1.165) is 0 Å². The lowest BCUT2D eigenvalue weighted by Crippen LogP contribution is -2.60. The molecule has 0 spiro atoms. The predicted octanol–water partition coefficient (Wildman–Crippen LogP) is -1.94. The van der Waals surface area contributed by atoms with E-state index in [4.69, 9.17) is 17.2 Å². The molecule has 0 aliphatic rings. The van der Waals surface area contributed by atoms with Gasteiger partial charge in [-0.15, -0.1) is 0 Å². The highest BCUT2D eigenvalue weighted by atomic mass is 16.4. The highest BCUT2D eigenvalue weighted by molar-refractivity contribution is 5.99. The number of rotatable bonds is 31. The van der Waals surface area contributed by atoms with E-state index in [0.29, 0.717) is 12.0 Å². The largest absolute Gasteiger partial charge is 0.508 e. The number of phenolic OH excluding ortho intramolecular Hbond substituents is 1. The zero-order chi connectivity index (χ0) is 54.4. The summed E-state index contributed by atoms with van der Waals surface area (Å²) in [6.07, 6.45) is -1.05. The number of nitrogens with one attached hydrogen (secondary N) is 8. The zero-order valence-electron chi connectivity index (χ0n) is 42.4. The van der Waals surface area contributed by atoms with Crippen LogP contribution in [0.3, 0.4) is 0 Å². The molecule has 1 aromatic rings. The Hall–Kier alpha value is -6.85. The normalized spacial score (nSPS) is 15.1. The van der Waals surface area contributed by atoms with Gasteiger partial charge in [-0.3, -0.25) is 47.9 Å². The van der Waals surface area contributed by atoms with Gasteiger partial charge >= 0.3 is 5.97 Å². The van der Waals surface area contributed by atoms with Crippen LogP contribution in [0.15, 0.2) is 24.3 Å². The molecule has 16 N–H and O–H groups in total. The monoisotopic (exact) mass is 1000 g/mol. The van der Waals surface area contributed by atoms with E-state index in [-0.39, 0.29) is 42.8 Å². The van der Waals surface area contributed by atoms with Crippen LogP contribution < -0.4 is 59.7 Å². The van der Waals surface area contributed by atoms with Crippen molar-refractivity contribution in [2.45, 2.75) is 156 Å². The molecule has 0 heterocycles. The SMILES string of the molecule is CC[C@H](C)[C@H](N)C(=O)N[C@H](C(=O)N[C@@H](Cc1ccc(O)cc1)C(=O)N[C@H](C(=O)NCC(=O)N[C@@H](CC(N)=O)C(=O)N[C@@H](CC(C)C)C(=O)N[C@@H](CC(N)=O)C(=O)N[C@@H](CC(C)C)C(=O)O)C(C)C)C(C)C. The average molecular weight is 1000 g/mol. The first kappa shape index (κ1) is 62.2. The zero-order valence-corrected chi connectivity index (χ0v) is 42.4. The van der Waals surface area contributed by atoms with Gasteiger partial charge in [0.05, 0.1) is 25.4 Å². The minimum Gasteiger partial charge on any atom is -0.508 e. The molecule has 0 aromatic heterocycles. The molecule has 1 aromatic carbocycles. The molecule has 0 bridgehead atoms. The summed E-state index contributed by atoms with van der Waals surface area (Å²) in [6.45, 7) is 16.3. The Balaban J connectivity index is 3.29. The number of carboxylic acids is 1.